The van der Waals surface area contributed by atoms with E-state index in [1.807, 2.05) is 36.4 Å². The smallest absolute Gasteiger partial charge is 0.260 e. The summed E-state index contributed by atoms with van der Waals surface area (Å²) in [6.45, 7) is 0.131. The van der Waals surface area contributed by atoms with Gasteiger partial charge in [-0.1, -0.05) is 83.4 Å². The van der Waals surface area contributed by atoms with Crippen molar-refractivity contribution in [3.63, 3.8) is 0 Å². The minimum Gasteiger partial charge on any atom is -0.508 e. The number of aromatic hydroxyl groups is 1. The number of phenols is 1. The Morgan fingerprint density at radius 2 is 1.56 bits per heavy atom. The molecule has 2 aliphatic carbocycles. The topological polar surface area (TPSA) is 107 Å². The number of amides is 4. The van der Waals surface area contributed by atoms with Crippen LogP contribution in [-0.4, -0.2) is 38.6 Å². The molecule has 6 unspecified atom stereocenters. The van der Waals surface area contributed by atoms with Crippen LogP contribution in [0.3, 0.4) is 0 Å². The number of carbonyl (C=O) groups is 4. The summed E-state index contributed by atoms with van der Waals surface area (Å²) in [5.74, 6) is -6.07. The Kier molecular flexibility index (Phi) is 7.80. The van der Waals surface area contributed by atoms with Gasteiger partial charge in [0.15, 0.2) is 0 Å². The van der Waals surface area contributed by atoms with Crippen molar-refractivity contribution in [2.75, 3.05) is 5.43 Å². The maximum absolute atomic E-state index is 15.2. The molecule has 2 N–H and O–H groups in total. The number of hydrazine groups is 1. The van der Waals surface area contributed by atoms with Crippen molar-refractivity contribution in [3.8, 4) is 5.75 Å². The average Bonchev–Trinajstić information content (AvgIpc) is 3.47. The Balaban J connectivity index is 1.31. The molecule has 4 amide bonds. The number of fused-ring (bicyclic) bond motifs is 4. The van der Waals surface area contributed by atoms with E-state index in [9.17, 15) is 23.9 Å². The van der Waals surface area contributed by atoms with Crippen LogP contribution >= 0.6 is 23.2 Å². The van der Waals surface area contributed by atoms with E-state index in [4.69, 9.17) is 23.2 Å². The highest BCUT2D eigenvalue weighted by Crippen LogP contribution is 2.64. The molecular weight excluding hydrogens is 680 g/mol. The molecule has 0 radical (unpaired) electrons. The van der Waals surface area contributed by atoms with Gasteiger partial charge in [0.05, 0.1) is 35.4 Å². The monoisotopic (exact) mass is 709 g/mol. The Morgan fingerprint density at radius 1 is 0.840 bits per heavy atom. The van der Waals surface area contributed by atoms with Gasteiger partial charge in [0, 0.05) is 16.0 Å². The van der Waals surface area contributed by atoms with Crippen LogP contribution in [0.1, 0.15) is 35.4 Å². The van der Waals surface area contributed by atoms with Crippen LogP contribution in [-0.2, 0) is 31.1 Å². The summed E-state index contributed by atoms with van der Waals surface area (Å²) in [4.78, 5) is 59.3. The summed E-state index contributed by atoms with van der Waals surface area (Å²) in [6.07, 6.45) is 2.31. The second-order valence-electron chi connectivity index (χ2n) is 13.3. The summed E-state index contributed by atoms with van der Waals surface area (Å²) in [5, 5.41) is 11.9. The predicted molar refractivity (Wildman–Crippen MR) is 184 cm³/mol. The summed E-state index contributed by atoms with van der Waals surface area (Å²) in [6, 6.07) is 25.9. The summed E-state index contributed by atoms with van der Waals surface area (Å²) in [7, 11) is 0. The number of nitrogens with one attached hydrogen (secondary N) is 1. The molecule has 8 nitrogen and oxygen atoms in total. The second-order valence-corrected chi connectivity index (χ2v) is 14.2. The highest BCUT2D eigenvalue weighted by molar-refractivity contribution is 6.32. The Hall–Kier alpha value is -4.99. The highest BCUT2D eigenvalue weighted by Gasteiger charge is 2.70. The van der Waals surface area contributed by atoms with Crippen LogP contribution in [0.2, 0.25) is 10.0 Å². The maximum Gasteiger partial charge on any atom is 0.260 e. The number of likely N-dealkylation sites (tertiary alicyclic amines) is 1. The molecule has 0 bridgehead atoms. The molecule has 1 saturated carbocycles. The van der Waals surface area contributed by atoms with Gasteiger partial charge in [0.2, 0.25) is 11.8 Å². The molecule has 252 valence electrons. The fourth-order valence-electron chi connectivity index (χ4n) is 8.74. The quantitative estimate of drug-likeness (QED) is 0.165. The van der Waals surface area contributed by atoms with Gasteiger partial charge < -0.3 is 5.11 Å². The average molecular weight is 711 g/mol. The van der Waals surface area contributed by atoms with Crippen molar-refractivity contribution >= 4 is 52.5 Å². The second kappa shape index (κ2) is 12.1. The molecule has 50 heavy (non-hydrogen) atoms. The molecule has 11 heteroatoms. The van der Waals surface area contributed by atoms with Crippen molar-refractivity contribution < 1.29 is 28.7 Å². The summed E-state index contributed by atoms with van der Waals surface area (Å²) in [5.41, 5.74) is 4.23. The molecule has 4 aliphatic rings. The van der Waals surface area contributed by atoms with E-state index >= 15 is 4.79 Å². The van der Waals surface area contributed by atoms with E-state index in [0.29, 0.717) is 21.8 Å². The number of halogens is 3. The Bertz CT molecular complexity index is 2090. The number of rotatable bonds is 6. The Morgan fingerprint density at radius 3 is 2.26 bits per heavy atom. The van der Waals surface area contributed by atoms with Gasteiger partial charge in [-0.2, -0.15) is 5.01 Å². The number of benzene rings is 4. The van der Waals surface area contributed by atoms with E-state index in [2.05, 4.69) is 5.43 Å². The Labute approximate surface area is 297 Å². The minimum absolute atomic E-state index is 0.0811. The van der Waals surface area contributed by atoms with Gasteiger partial charge in [-0.3, -0.25) is 29.5 Å². The number of allylic oxidation sites excluding steroid dienone is 2. The van der Waals surface area contributed by atoms with E-state index in [1.54, 1.807) is 30.3 Å². The number of imide groups is 2. The lowest BCUT2D eigenvalue weighted by atomic mass is 9.49. The molecule has 4 aromatic carbocycles. The SMILES string of the molecule is O=C1C2CC=C3C(CC4C(=O)N(Nc5ccc(F)cc5)C(=O)C4(c4ccc(Cl)cc4)C3c3ccc(O)cc3Cl)C2C(=O)N1Cc1ccccc1. The lowest BCUT2D eigenvalue weighted by Crippen LogP contribution is -2.53. The standard InChI is InChI=1S/C39H30Cl2FN3O5/c40-23-8-6-22(7-9-23)39-31(36(48)45(38(39)50)43-25-12-10-24(42)11-13-25)19-30-27(34(39)28-15-14-26(46)18-32(28)41)16-17-29-33(30)37(49)44(35(29)47)20-21-4-2-1-3-5-21/h1-16,18,29-31,33-34,43,46H,17,19-20H2. The molecule has 6 atom stereocenters. The number of phenolic OH excluding ortho intramolecular Hbond substituents is 1. The predicted octanol–water partition coefficient (Wildman–Crippen LogP) is 7.02. The van der Waals surface area contributed by atoms with Crippen molar-refractivity contribution in [3.05, 3.63) is 141 Å². The first-order valence-corrected chi connectivity index (χ1v) is 17.1. The van der Waals surface area contributed by atoms with Gasteiger partial charge in [-0.15, -0.1) is 0 Å². The van der Waals surface area contributed by atoms with Crippen molar-refractivity contribution in [2.45, 2.75) is 30.7 Å². The first-order valence-electron chi connectivity index (χ1n) is 16.3. The van der Waals surface area contributed by atoms with Crippen molar-refractivity contribution in [2.24, 2.45) is 23.7 Å². The van der Waals surface area contributed by atoms with Crippen LogP contribution in [0.15, 0.2) is 109 Å². The van der Waals surface area contributed by atoms with Crippen LogP contribution in [0.4, 0.5) is 10.1 Å². The zero-order valence-corrected chi connectivity index (χ0v) is 27.9. The summed E-state index contributed by atoms with van der Waals surface area (Å²) < 4.78 is 13.8. The van der Waals surface area contributed by atoms with E-state index in [-0.39, 0.29) is 42.0 Å². The van der Waals surface area contributed by atoms with Crippen molar-refractivity contribution in [1.82, 2.24) is 9.91 Å². The molecule has 2 saturated heterocycles. The lowest BCUT2D eigenvalue weighted by molar-refractivity contribution is -0.142. The van der Waals surface area contributed by atoms with Crippen LogP contribution in [0, 0.1) is 29.5 Å². The number of nitrogens with zero attached hydrogens (tertiary/aromatic N) is 2. The third kappa shape index (κ3) is 4.86. The van der Waals surface area contributed by atoms with Gasteiger partial charge >= 0.3 is 0 Å². The molecule has 0 spiro atoms. The number of carbonyl (C=O) groups excluding carboxylic acids is 4. The van der Waals surface area contributed by atoms with Gasteiger partial charge in [-0.25, -0.2) is 4.39 Å². The first kappa shape index (κ1) is 32.2. The van der Waals surface area contributed by atoms with E-state index in [0.717, 1.165) is 16.1 Å². The fraction of sp³-hybridized carbons (Fsp3) is 0.231. The molecular formula is C39H30Cl2FN3O5. The molecule has 8 rings (SSSR count). The summed E-state index contributed by atoms with van der Waals surface area (Å²) >= 11 is 13.2. The largest absolute Gasteiger partial charge is 0.508 e. The lowest BCUT2D eigenvalue weighted by Gasteiger charge is -2.50. The zero-order chi connectivity index (χ0) is 34.9. The highest BCUT2D eigenvalue weighted by atomic mass is 35.5. The van der Waals surface area contributed by atoms with E-state index in [1.165, 1.54) is 41.3 Å². The fourth-order valence-corrected chi connectivity index (χ4v) is 9.15. The molecule has 3 fully saturated rings. The minimum atomic E-state index is -1.57. The normalized spacial score (nSPS) is 27.2. The maximum atomic E-state index is 15.2. The third-order valence-corrected chi connectivity index (χ3v) is 11.4. The van der Waals surface area contributed by atoms with Gasteiger partial charge in [-0.05, 0) is 84.0 Å². The molecule has 2 aliphatic heterocycles. The van der Waals surface area contributed by atoms with Gasteiger partial charge in [0.25, 0.3) is 11.8 Å². The first-order chi connectivity index (χ1) is 24.1. The van der Waals surface area contributed by atoms with Crippen LogP contribution in [0.25, 0.3) is 0 Å². The molecule has 0 aromatic heterocycles. The molecule has 2 heterocycles. The number of hydrogen-bond acceptors (Lipinski definition) is 6. The van der Waals surface area contributed by atoms with Crippen molar-refractivity contribution in [1.29, 1.82) is 0 Å². The van der Waals surface area contributed by atoms with Gasteiger partial charge in [0.1, 0.15) is 11.6 Å². The molecule has 4 aromatic rings. The van der Waals surface area contributed by atoms with E-state index < -0.39 is 52.6 Å². The third-order valence-electron chi connectivity index (χ3n) is 10.8. The van der Waals surface area contributed by atoms with Crippen LogP contribution < -0.4 is 5.43 Å². The number of hydrogen-bond donors (Lipinski definition) is 2. The number of anilines is 1. The van der Waals surface area contributed by atoms with Crippen LogP contribution in [0.5, 0.6) is 5.75 Å². The zero-order valence-electron chi connectivity index (χ0n) is 26.4.